The third kappa shape index (κ3) is 9.21. The van der Waals surface area contributed by atoms with Gasteiger partial charge in [0.1, 0.15) is 6.61 Å². The summed E-state index contributed by atoms with van der Waals surface area (Å²) in [7, 11) is 3.76. The zero-order valence-electron chi connectivity index (χ0n) is 10.2. The van der Waals surface area contributed by atoms with Crippen LogP contribution in [0.15, 0.2) is 12.2 Å². The van der Waals surface area contributed by atoms with Gasteiger partial charge in [0.25, 0.3) is 0 Å². The molecule has 0 amide bonds. The Morgan fingerprint density at radius 1 is 1.19 bits per heavy atom. The Morgan fingerprint density at radius 3 is 2.25 bits per heavy atom. The molecule has 0 rings (SSSR count). The molecule has 0 fully saturated rings. The Balaban J connectivity index is 3.77. The van der Waals surface area contributed by atoms with Crippen molar-refractivity contribution in [1.82, 2.24) is 4.90 Å². The molecular formula is C11H19NO4. The van der Waals surface area contributed by atoms with E-state index in [1.54, 1.807) is 13.8 Å². The molecule has 0 aliphatic carbocycles. The van der Waals surface area contributed by atoms with Crippen LogP contribution in [0.5, 0.6) is 0 Å². The Labute approximate surface area is 96.0 Å². The molecule has 0 radical (unpaired) electrons. The molecular weight excluding hydrogens is 210 g/mol. The molecule has 0 atom stereocenters. The molecule has 5 heteroatoms. The summed E-state index contributed by atoms with van der Waals surface area (Å²) in [6.07, 6.45) is 1.94. The quantitative estimate of drug-likeness (QED) is 0.493. The fourth-order valence-electron chi connectivity index (χ4n) is 0.785. The van der Waals surface area contributed by atoms with Crippen molar-refractivity contribution in [3.63, 3.8) is 0 Å². The summed E-state index contributed by atoms with van der Waals surface area (Å²) in [6, 6.07) is 0. The fraction of sp³-hybridized carbons (Fsp3) is 0.636. The minimum atomic E-state index is -0.542. The topological polar surface area (TPSA) is 55.8 Å². The molecule has 0 aromatic rings. The van der Waals surface area contributed by atoms with Crippen molar-refractivity contribution in [3.05, 3.63) is 12.2 Å². The average molecular weight is 229 g/mol. The van der Waals surface area contributed by atoms with E-state index >= 15 is 0 Å². The van der Waals surface area contributed by atoms with Gasteiger partial charge in [0.15, 0.2) is 0 Å². The van der Waals surface area contributed by atoms with Crippen LogP contribution in [-0.4, -0.2) is 50.2 Å². The molecule has 0 unspecified atom stereocenters. The van der Waals surface area contributed by atoms with Gasteiger partial charge in [-0.05, 0) is 27.9 Å². The molecule has 0 aliphatic rings. The van der Waals surface area contributed by atoms with Crippen molar-refractivity contribution < 1.29 is 19.1 Å². The maximum absolute atomic E-state index is 11.1. The van der Waals surface area contributed by atoms with Crippen LogP contribution in [0, 0.1) is 0 Å². The highest BCUT2D eigenvalue weighted by molar-refractivity contribution is 5.91. The third-order valence-electron chi connectivity index (χ3n) is 1.49. The van der Waals surface area contributed by atoms with E-state index in [0.717, 1.165) is 12.2 Å². The molecule has 0 aromatic carbocycles. The van der Waals surface area contributed by atoms with E-state index < -0.39 is 11.9 Å². The molecule has 16 heavy (non-hydrogen) atoms. The van der Waals surface area contributed by atoms with E-state index in [9.17, 15) is 9.59 Å². The van der Waals surface area contributed by atoms with Gasteiger partial charge in [0.2, 0.25) is 0 Å². The number of carbonyl (C=O) groups excluding carboxylic acids is 2. The highest BCUT2D eigenvalue weighted by Crippen LogP contribution is 1.91. The third-order valence-corrected chi connectivity index (χ3v) is 1.49. The zero-order valence-corrected chi connectivity index (χ0v) is 10.2. The van der Waals surface area contributed by atoms with Crippen LogP contribution in [0.2, 0.25) is 0 Å². The molecule has 0 aliphatic heterocycles. The number of hydrogen-bond acceptors (Lipinski definition) is 5. The second-order valence-electron chi connectivity index (χ2n) is 3.79. The Kier molecular flexibility index (Phi) is 7.20. The van der Waals surface area contributed by atoms with E-state index in [-0.39, 0.29) is 6.10 Å². The van der Waals surface area contributed by atoms with Crippen LogP contribution < -0.4 is 0 Å². The van der Waals surface area contributed by atoms with Gasteiger partial charge < -0.3 is 14.4 Å². The van der Waals surface area contributed by atoms with Crippen molar-refractivity contribution in [1.29, 1.82) is 0 Å². The number of rotatable bonds is 6. The van der Waals surface area contributed by atoms with E-state index in [1.165, 1.54) is 0 Å². The Bertz CT molecular complexity index is 259. The predicted octanol–water partition coefficient (Wildman–Crippen LogP) is 0.599. The van der Waals surface area contributed by atoms with Gasteiger partial charge in [-0.1, -0.05) is 0 Å². The van der Waals surface area contributed by atoms with E-state index in [0.29, 0.717) is 13.2 Å². The number of hydrogen-bond donors (Lipinski definition) is 0. The minimum absolute atomic E-state index is 0.193. The summed E-state index contributed by atoms with van der Waals surface area (Å²) in [4.78, 5) is 24.0. The fourth-order valence-corrected chi connectivity index (χ4v) is 0.785. The second kappa shape index (κ2) is 7.87. The zero-order chi connectivity index (χ0) is 12.6. The molecule has 0 bridgehead atoms. The van der Waals surface area contributed by atoms with Crippen molar-refractivity contribution in [2.24, 2.45) is 0 Å². The van der Waals surface area contributed by atoms with Gasteiger partial charge in [-0.25, -0.2) is 9.59 Å². The molecule has 0 spiro atoms. The summed E-state index contributed by atoms with van der Waals surface area (Å²) in [5.41, 5.74) is 0. The highest BCUT2D eigenvalue weighted by Gasteiger charge is 2.02. The first-order valence-electron chi connectivity index (χ1n) is 5.12. The van der Waals surface area contributed by atoms with E-state index in [4.69, 9.17) is 9.47 Å². The molecule has 0 N–H and O–H groups in total. The van der Waals surface area contributed by atoms with Crippen LogP contribution in [0.3, 0.4) is 0 Å². The number of likely N-dealkylation sites (N-methyl/N-ethyl adjacent to an activating group) is 1. The predicted molar refractivity (Wildman–Crippen MR) is 59.9 cm³/mol. The molecule has 0 saturated heterocycles. The van der Waals surface area contributed by atoms with Crippen LogP contribution in [0.25, 0.3) is 0 Å². The van der Waals surface area contributed by atoms with E-state index in [1.807, 2.05) is 19.0 Å². The van der Waals surface area contributed by atoms with Crippen LogP contribution >= 0.6 is 0 Å². The minimum Gasteiger partial charge on any atom is -0.461 e. The lowest BCUT2D eigenvalue weighted by atomic mass is 10.4. The summed E-state index contributed by atoms with van der Waals surface area (Å²) in [5, 5.41) is 0. The number of nitrogens with zero attached hydrogens (tertiary/aromatic N) is 1. The van der Waals surface area contributed by atoms with E-state index in [2.05, 4.69) is 0 Å². The Hall–Kier alpha value is -1.36. The average Bonchev–Trinajstić information content (AvgIpc) is 2.13. The van der Waals surface area contributed by atoms with Crippen molar-refractivity contribution in [2.75, 3.05) is 27.2 Å². The maximum Gasteiger partial charge on any atom is 0.331 e. The van der Waals surface area contributed by atoms with Gasteiger partial charge in [-0.15, -0.1) is 0 Å². The Morgan fingerprint density at radius 2 is 1.75 bits per heavy atom. The summed E-state index contributed by atoms with van der Waals surface area (Å²) in [6.45, 7) is 4.42. The van der Waals surface area contributed by atoms with Crippen LogP contribution in [-0.2, 0) is 19.1 Å². The number of carbonyl (C=O) groups is 2. The largest absolute Gasteiger partial charge is 0.461 e. The normalized spacial score (nSPS) is 11.1. The first kappa shape index (κ1) is 14.6. The van der Waals surface area contributed by atoms with Gasteiger partial charge in [-0.3, -0.25) is 0 Å². The van der Waals surface area contributed by atoms with Crippen LogP contribution in [0.4, 0.5) is 0 Å². The van der Waals surface area contributed by atoms with Gasteiger partial charge in [-0.2, -0.15) is 0 Å². The lowest BCUT2D eigenvalue weighted by molar-refractivity contribution is -0.142. The summed E-state index contributed by atoms with van der Waals surface area (Å²) >= 11 is 0. The monoisotopic (exact) mass is 229 g/mol. The molecule has 0 heterocycles. The van der Waals surface area contributed by atoms with Gasteiger partial charge in [0, 0.05) is 18.7 Å². The number of ether oxygens (including phenoxy) is 2. The first-order chi connectivity index (χ1) is 7.41. The first-order valence-corrected chi connectivity index (χ1v) is 5.12. The maximum atomic E-state index is 11.1. The summed E-state index contributed by atoms with van der Waals surface area (Å²) < 4.78 is 9.63. The highest BCUT2D eigenvalue weighted by atomic mass is 16.5. The smallest absolute Gasteiger partial charge is 0.331 e. The second-order valence-corrected chi connectivity index (χ2v) is 3.79. The van der Waals surface area contributed by atoms with Gasteiger partial charge >= 0.3 is 11.9 Å². The number of esters is 2. The lowest BCUT2D eigenvalue weighted by Crippen LogP contribution is -2.19. The lowest BCUT2D eigenvalue weighted by Gasteiger charge is -2.08. The van der Waals surface area contributed by atoms with Crippen molar-refractivity contribution in [3.8, 4) is 0 Å². The van der Waals surface area contributed by atoms with Crippen molar-refractivity contribution >= 4 is 11.9 Å². The summed E-state index contributed by atoms with van der Waals surface area (Å²) in [5.74, 6) is -1.08. The SMILES string of the molecule is CC(C)OC(=O)/C=C/C(=O)OCCN(C)C. The molecule has 92 valence electrons. The van der Waals surface area contributed by atoms with Crippen molar-refractivity contribution in [2.45, 2.75) is 20.0 Å². The standard InChI is InChI=1S/C11H19NO4/c1-9(2)16-11(14)6-5-10(13)15-8-7-12(3)4/h5-6,9H,7-8H2,1-4H3/b6-5+. The molecule has 0 saturated carbocycles. The van der Waals surface area contributed by atoms with Crippen LogP contribution in [0.1, 0.15) is 13.8 Å². The van der Waals surface area contributed by atoms with Gasteiger partial charge in [0.05, 0.1) is 6.10 Å². The molecule has 5 nitrogen and oxygen atoms in total. The molecule has 0 aromatic heterocycles.